The standard InChI is InChI=1S/C33H60N4O6.C33H51N3O6.C31H55N3O6/c1-28(2)19-22(31(7,8)34-28)25(38)41-16-13-37(14-17-42-26(39)23-20-29(3,4)35-32(23,9)10)15-18-43-27(40)24-21-30(5,6)36-33(24,11)12;1-28(2)16-22(31(7,8)34-28)25(37)40-19-13-20(41-26(38)23-17-29(3,4)35-32(23,9)10)15-21(14-19)42-27(39)24-18-30(5,6)36-33(24,11)12;1-26(2)13-20(29(7,8)32-26)23(35)38-16-19(17-39-24(36)21-14-27(3,4)33-30(21,9)10)18-40-25(37)22-15-28(5,6)34-31(22,11)12/h22-24,34-36H,13-21H2,1-12H3;13-15,22-24,34-36H,16-18H2,1-12H3;19-22,32-34H,13-18H2,1-12H3. The molecular weight excluding hydrogens is 1590 g/mol. The molecule has 9 aliphatic heterocycles. The molecule has 9 fully saturated rings. The maximum absolute atomic E-state index is 13.4. The summed E-state index contributed by atoms with van der Waals surface area (Å²) < 4.78 is 52.3. The van der Waals surface area contributed by atoms with Crippen LogP contribution in [0, 0.1) is 59.2 Å². The molecule has 1 aromatic carbocycles. The highest BCUT2D eigenvalue weighted by Gasteiger charge is 2.57. The van der Waals surface area contributed by atoms with Crippen molar-refractivity contribution in [1.29, 1.82) is 0 Å². The molecule has 0 bridgehead atoms. The number of hydrogen-bond donors (Lipinski definition) is 9. The van der Waals surface area contributed by atoms with E-state index in [2.05, 4.69) is 172 Å². The topological polar surface area (TPSA) is 348 Å². The van der Waals surface area contributed by atoms with Crippen LogP contribution in [0.15, 0.2) is 18.2 Å². The predicted molar refractivity (Wildman–Crippen MR) is 484 cm³/mol. The lowest BCUT2D eigenvalue weighted by molar-refractivity contribution is -0.161. The number of hydrogen-bond acceptors (Lipinski definition) is 28. The Morgan fingerprint density at radius 3 is 0.512 bits per heavy atom. The highest BCUT2D eigenvalue weighted by atomic mass is 16.6. The molecule has 0 aromatic heterocycles. The summed E-state index contributed by atoms with van der Waals surface area (Å²) in [5.74, 6) is -5.56. The van der Waals surface area contributed by atoms with Gasteiger partial charge in [0.25, 0.3) is 0 Å². The fourth-order valence-corrected chi connectivity index (χ4v) is 23.2. The fraction of sp³-hybridized carbons (Fsp3) is 0.845. The van der Waals surface area contributed by atoms with Crippen LogP contribution in [0.2, 0.25) is 0 Å². The quantitative estimate of drug-likeness (QED) is 0.0224. The van der Waals surface area contributed by atoms with Crippen LogP contribution in [0.25, 0.3) is 0 Å². The molecule has 0 radical (unpaired) electrons. The lowest BCUT2D eigenvalue weighted by Crippen LogP contribution is -2.47. The molecule has 9 saturated heterocycles. The summed E-state index contributed by atoms with van der Waals surface area (Å²) in [7, 11) is 0. The highest BCUT2D eigenvalue weighted by molar-refractivity contribution is 5.82. The Bertz CT molecular complexity index is 3670. The van der Waals surface area contributed by atoms with Gasteiger partial charge in [-0.1, -0.05) is 0 Å². The molecule has 1 aromatic rings. The number of esters is 9. The summed E-state index contributed by atoms with van der Waals surface area (Å²) in [6, 6.07) is 4.54. The Morgan fingerprint density at radius 1 is 0.240 bits per heavy atom. The number of rotatable bonds is 27. The van der Waals surface area contributed by atoms with Gasteiger partial charge < -0.3 is 90.5 Å². The summed E-state index contributed by atoms with van der Waals surface area (Å²) in [6.45, 7) is 75.5. The molecule has 0 amide bonds. The van der Waals surface area contributed by atoms with E-state index in [9.17, 15) is 43.2 Å². The third-order valence-corrected chi connectivity index (χ3v) is 27.6. The Balaban J connectivity index is 0.000000232. The molecule has 9 unspecified atom stereocenters. The van der Waals surface area contributed by atoms with Crippen molar-refractivity contribution in [1.82, 2.24) is 52.8 Å². The Labute approximate surface area is 749 Å². The number of ether oxygens (including phenoxy) is 9. The first-order valence-electron chi connectivity index (χ1n) is 46.0. The number of carbonyl (C=O) groups is 9. The van der Waals surface area contributed by atoms with Gasteiger partial charge >= 0.3 is 53.7 Å². The zero-order valence-corrected chi connectivity index (χ0v) is 83.5. The molecule has 9 atom stereocenters. The highest BCUT2D eigenvalue weighted by Crippen LogP contribution is 2.46. The van der Waals surface area contributed by atoms with Crippen LogP contribution in [0.1, 0.15) is 307 Å². The molecule has 712 valence electrons. The summed E-state index contributed by atoms with van der Waals surface area (Å²) in [4.78, 5) is 121. The van der Waals surface area contributed by atoms with E-state index in [4.69, 9.17) is 42.6 Å². The van der Waals surface area contributed by atoms with E-state index in [0.29, 0.717) is 77.4 Å². The lowest BCUT2D eigenvalue weighted by atomic mass is 9.87. The average Bonchev–Trinajstić information content (AvgIpc) is 1.69. The average molecular weight is 1760 g/mol. The fourth-order valence-electron chi connectivity index (χ4n) is 23.2. The van der Waals surface area contributed by atoms with Gasteiger partial charge in [-0.3, -0.25) is 48.1 Å². The van der Waals surface area contributed by atoms with E-state index < -0.39 is 74.8 Å². The molecule has 9 N–H and O–H groups in total. The molecule has 28 nitrogen and oxygen atoms in total. The lowest BCUT2D eigenvalue weighted by Gasteiger charge is -2.29. The van der Waals surface area contributed by atoms with Gasteiger partial charge in [0.1, 0.15) is 56.9 Å². The molecule has 28 heteroatoms. The molecule has 125 heavy (non-hydrogen) atoms. The molecule has 9 heterocycles. The molecular formula is C97H166N10O18. The minimum atomic E-state index is -0.474. The van der Waals surface area contributed by atoms with Crippen molar-refractivity contribution in [3.63, 3.8) is 0 Å². The summed E-state index contributed by atoms with van der Waals surface area (Å²) in [5.41, 5.74) is -5.29. The monoisotopic (exact) mass is 1760 g/mol. The minimum Gasteiger partial charge on any atom is -0.465 e. The van der Waals surface area contributed by atoms with E-state index >= 15 is 0 Å². The SMILES string of the molecule is CC1(C)CC(C(=O)OCC(COC(=O)C2CC(C)(C)NC2(C)C)COC(=O)C2CC(C)(C)NC2(C)C)C(C)(C)N1.CC1(C)CC(C(=O)OCCN(CCOC(=O)C2CC(C)(C)NC2(C)C)CCOC(=O)C2CC(C)(C)NC2(C)C)C(C)(C)N1.CC1(C)CC(C(=O)Oc2cc(OC(=O)C3CC(C)(C)NC3(C)C)cc(OC(=O)C3CC(C)(C)NC3(C)C)c2)C(C)(C)N1. The van der Waals surface area contributed by atoms with Crippen molar-refractivity contribution >= 4 is 53.7 Å². The third-order valence-electron chi connectivity index (χ3n) is 27.6. The van der Waals surface area contributed by atoms with Crippen molar-refractivity contribution in [3.8, 4) is 17.2 Å². The van der Waals surface area contributed by atoms with Gasteiger partial charge in [0, 0.05) is 138 Å². The van der Waals surface area contributed by atoms with Crippen molar-refractivity contribution < 1.29 is 85.8 Å². The third kappa shape index (κ3) is 27.6. The zero-order chi connectivity index (χ0) is 94.9. The Kier molecular flexibility index (Phi) is 30.6. The van der Waals surface area contributed by atoms with E-state index in [1.54, 1.807) is 0 Å². The van der Waals surface area contributed by atoms with Gasteiger partial charge in [0.05, 0.1) is 59.2 Å². The number of nitrogens with one attached hydrogen (secondary N) is 9. The summed E-state index contributed by atoms with van der Waals surface area (Å²) >= 11 is 0. The van der Waals surface area contributed by atoms with E-state index in [1.165, 1.54) is 18.2 Å². The normalized spacial score (nSPS) is 30.1. The second-order valence-corrected chi connectivity index (χ2v) is 49.4. The molecule has 0 aliphatic carbocycles. The van der Waals surface area contributed by atoms with Crippen molar-refractivity contribution in [2.75, 3.05) is 59.3 Å². The van der Waals surface area contributed by atoms with Gasteiger partial charge in [-0.2, -0.15) is 0 Å². The van der Waals surface area contributed by atoms with Crippen LogP contribution < -0.4 is 62.1 Å². The maximum Gasteiger partial charge on any atom is 0.316 e. The van der Waals surface area contributed by atoms with Crippen LogP contribution in [-0.4, -0.2) is 218 Å². The van der Waals surface area contributed by atoms with E-state index in [1.807, 2.05) is 130 Å². The zero-order valence-electron chi connectivity index (χ0n) is 83.5. The molecule has 10 rings (SSSR count). The van der Waals surface area contributed by atoms with Crippen molar-refractivity contribution in [3.05, 3.63) is 18.2 Å². The van der Waals surface area contributed by atoms with Crippen LogP contribution in [-0.2, 0) is 71.6 Å². The van der Waals surface area contributed by atoms with Crippen molar-refractivity contribution in [2.24, 2.45) is 59.2 Å². The second kappa shape index (κ2) is 36.7. The Hall–Kier alpha value is -5.95. The largest absolute Gasteiger partial charge is 0.465 e. The van der Waals surface area contributed by atoms with Crippen LogP contribution >= 0.6 is 0 Å². The smallest absolute Gasteiger partial charge is 0.316 e. The maximum atomic E-state index is 13.4. The summed E-state index contributed by atoms with van der Waals surface area (Å²) in [5, 5.41) is 31.6. The van der Waals surface area contributed by atoms with Crippen molar-refractivity contribution in [2.45, 2.75) is 407 Å². The van der Waals surface area contributed by atoms with Gasteiger partial charge in [0.2, 0.25) is 0 Å². The predicted octanol–water partition coefficient (Wildman–Crippen LogP) is 12.1. The summed E-state index contributed by atoms with van der Waals surface area (Å²) in [6.07, 6.45) is 5.92. The van der Waals surface area contributed by atoms with Crippen LogP contribution in [0.5, 0.6) is 17.2 Å². The first kappa shape index (κ1) is 104. The molecule has 0 spiro atoms. The minimum absolute atomic E-state index is 0.00199. The van der Waals surface area contributed by atoms with Crippen LogP contribution in [0.3, 0.4) is 0 Å². The molecule has 0 saturated carbocycles. The van der Waals surface area contributed by atoms with Crippen LogP contribution in [0.4, 0.5) is 0 Å². The Morgan fingerprint density at radius 2 is 0.376 bits per heavy atom. The van der Waals surface area contributed by atoms with Gasteiger partial charge in [0.15, 0.2) is 0 Å². The van der Waals surface area contributed by atoms with Gasteiger partial charge in [-0.05, 0) is 307 Å². The number of benzene rings is 1. The van der Waals surface area contributed by atoms with Gasteiger partial charge in [-0.15, -0.1) is 0 Å². The first-order chi connectivity index (χ1) is 56.3. The van der Waals surface area contributed by atoms with Gasteiger partial charge in [-0.25, -0.2) is 0 Å². The van der Waals surface area contributed by atoms with E-state index in [0.717, 1.165) is 0 Å². The number of nitrogens with zero attached hydrogens (tertiary/aromatic N) is 1. The number of carbonyl (C=O) groups excluding carboxylic acids is 9. The van der Waals surface area contributed by atoms with E-state index in [-0.39, 0.29) is 195 Å². The first-order valence-corrected chi connectivity index (χ1v) is 46.0. The molecule has 9 aliphatic rings. The second-order valence-electron chi connectivity index (χ2n) is 49.4.